The van der Waals surface area contributed by atoms with E-state index in [1.165, 1.54) is 6.07 Å². The second kappa shape index (κ2) is 9.38. The van der Waals surface area contributed by atoms with Gasteiger partial charge in [-0.1, -0.05) is 19.9 Å². The Balaban J connectivity index is 2.08. The lowest BCUT2D eigenvalue weighted by Crippen LogP contribution is -2.12. The van der Waals surface area contributed by atoms with Gasteiger partial charge < -0.3 is 14.2 Å². The van der Waals surface area contributed by atoms with Crippen molar-refractivity contribution in [1.29, 1.82) is 0 Å². The Hall–Kier alpha value is -2.34. The van der Waals surface area contributed by atoms with E-state index in [0.29, 0.717) is 34.6 Å². The molecule has 2 rings (SSSR count). The molecule has 0 aliphatic rings. The van der Waals surface area contributed by atoms with Crippen molar-refractivity contribution in [2.75, 3.05) is 13.2 Å². The monoisotopic (exact) mass is 420 g/mol. The second-order valence-electron chi connectivity index (χ2n) is 5.99. The topological polar surface area (TPSA) is 61.8 Å². The Morgan fingerprint density at radius 2 is 1.77 bits per heavy atom. The zero-order chi connectivity index (χ0) is 19.1. The molecule has 0 radical (unpaired) electrons. The molecule has 0 saturated heterocycles. The van der Waals surface area contributed by atoms with Crippen LogP contribution in [0.25, 0.3) is 0 Å². The fourth-order valence-electron chi connectivity index (χ4n) is 2.08. The van der Waals surface area contributed by atoms with Crippen molar-refractivity contribution in [2.24, 2.45) is 5.92 Å². The van der Waals surface area contributed by atoms with E-state index in [4.69, 9.17) is 14.2 Å². The van der Waals surface area contributed by atoms with Crippen LogP contribution >= 0.6 is 15.9 Å². The maximum absolute atomic E-state index is 12.3. The maximum atomic E-state index is 12.3. The quantitative estimate of drug-likeness (QED) is 0.471. The van der Waals surface area contributed by atoms with Gasteiger partial charge in [0, 0.05) is 0 Å². The number of carbonyl (C=O) groups excluding carboxylic acids is 2. The lowest BCUT2D eigenvalue weighted by Gasteiger charge is -2.10. The Morgan fingerprint density at radius 1 is 1.04 bits per heavy atom. The number of rotatable bonds is 7. The summed E-state index contributed by atoms with van der Waals surface area (Å²) in [5.41, 5.74) is 0.705. The SMILES string of the molecule is CCOc1ccc(C(=O)Oc2cccc(C(=O)OCC(C)C)c2)cc1Br. The van der Waals surface area contributed by atoms with Gasteiger partial charge in [0.1, 0.15) is 11.5 Å². The summed E-state index contributed by atoms with van der Waals surface area (Å²) in [5.74, 6) is 0.206. The highest BCUT2D eigenvalue weighted by Crippen LogP contribution is 2.26. The summed E-state index contributed by atoms with van der Waals surface area (Å²) in [7, 11) is 0. The molecular formula is C20H21BrO5. The Labute approximate surface area is 161 Å². The average Bonchev–Trinajstić information content (AvgIpc) is 2.61. The summed E-state index contributed by atoms with van der Waals surface area (Å²) in [6.07, 6.45) is 0. The lowest BCUT2D eigenvalue weighted by atomic mass is 10.2. The van der Waals surface area contributed by atoms with Crippen LogP contribution in [-0.4, -0.2) is 25.2 Å². The highest BCUT2D eigenvalue weighted by Gasteiger charge is 2.14. The van der Waals surface area contributed by atoms with Crippen LogP contribution in [0.3, 0.4) is 0 Å². The molecule has 0 aliphatic heterocycles. The molecule has 0 fully saturated rings. The van der Waals surface area contributed by atoms with Crippen molar-refractivity contribution < 1.29 is 23.8 Å². The fourth-order valence-corrected chi connectivity index (χ4v) is 2.57. The minimum Gasteiger partial charge on any atom is -0.493 e. The molecule has 0 bridgehead atoms. The van der Waals surface area contributed by atoms with Gasteiger partial charge >= 0.3 is 11.9 Å². The lowest BCUT2D eigenvalue weighted by molar-refractivity contribution is 0.0457. The zero-order valence-electron chi connectivity index (χ0n) is 15.0. The first-order valence-electron chi connectivity index (χ1n) is 8.32. The second-order valence-corrected chi connectivity index (χ2v) is 6.84. The van der Waals surface area contributed by atoms with E-state index < -0.39 is 11.9 Å². The molecule has 2 aromatic rings. The van der Waals surface area contributed by atoms with E-state index in [9.17, 15) is 9.59 Å². The number of ether oxygens (including phenoxy) is 3. The van der Waals surface area contributed by atoms with Crippen LogP contribution in [0.15, 0.2) is 46.9 Å². The van der Waals surface area contributed by atoms with Crippen molar-refractivity contribution in [3.8, 4) is 11.5 Å². The third-order valence-electron chi connectivity index (χ3n) is 3.30. The first kappa shape index (κ1) is 20.0. The van der Waals surface area contributed by atoms with Crippen molar-refractivity contribution in [3.05, 3.63) is 58.1 Å². The molecule has 138 valence electrons. The number of esters is 2. The van der Waals surface area contributed by atoms with Crippen LogP contribution in [0, 0.1) is 5.92 Å². The molecule has 0 aliphatic carbocycles. The summed E-state index contributed by atoms with van der Waals surface area (Å²) in [6.45, 7) is 6.67. The van der Waals surface area contributed by atoms with Gasteiger partial charge in [0.2, 0.25) is 0 Å². The molecular weight excluding hydrogens is 400 g/mol. The number of benzene rings is 2. The molecule has 0 aromatic heterocycles. The van der Waals surface area contributed by atoms with Gasteiger partial charge in [0.25, 0.3) is 0 Å². The summed E-state index contributed by atoms with van der Waals surface area (Å²) in [5, 5.41) is 0. The highest BCUT2D eigenvalue weighted by atomic mass is 79.9. The average molecular weight is 421 g/mol. The van der Waals surface area contributed by atoms with Crippen LogP contribution < -0.4 is 9.47 Å². The van der Waals surface area contributed by atoms with Gasteiger partial charge in [-0.05, 0) is 65.2 Å². The zero-order valence-corrected chi connectivity index (χ0v) is 16.5. The Morgan fingerprint density at radius 3 is 2.42 bits per heavy atom. The van der Waals surface area contributed by atoms with Gasteiger partial charge in [0.05, 0.1) is 28.8 Å². The van der Waals surface area contributed by atoms with E-state index in [0.717, 1.165) is 0 Å². The molecule has 0 atom stereocenters. The van der Waals surface area contributed by atoms with E-state index in [1.54, 1.807) is 36.4 Å². The number of carbonyl (C=O) groups is 2. The van der Waals surface area contributed by atoms with E-state index in [2.05, 4.69) is 15.9 Å². The van der Waals surface area contributed by atoms with Gasteiger partial charge in [-0.2, -0.15) is 0 Å². The molecule has 6 heteroatoms. The van der Waals surface area contributed by atoms with Crippen LogP contribution in [0.5, 0.6) is 11.5 Å². The summed E-state index contributed by atoms with van der Waals surface area (Å²) in [6, 6.07) is 11.3. The summed E-state index contributed by atoms with van der Waals surface area (Å²) < 4.78 is 16.6. The third-order valence-corrected chi connectivity index (χ3v) is 3.92. The first-order valence-corrected chi connectivity index (χ1v) is 9.11. The minimum atomic E-state index is -0.526. The smallest absolute Gasteiger partial charge is 0.343 e. The Kier molecular flexibility index (Phi) is 7.21. The third kappa shape index (κ3) is 5.59. The molecule has 0 amide bonds. The van der Waals surface area contributed by atoms with Gasteiger partial charge in [-0.3, -0.25) is 0 Å². The fraction of sp³-hybridized carbons (Fsp3) is 0.300. The van der Waals surface area contributed by atoms with Gasteiger partial charge in [0.15, 0.2) is 0 Å². The molecule has 0 spiro atoms. The predicted molar refractivity (Wildman–Crippen MR) is 102 cm³/mol. The number of hydrogen-bond donors (Lipinski definition) is 0. The van der Waals surface area contributed by atoms with Crippen molar-refractivity contribution in [2.45, 2.75) is 20.8 Å². The van der Waals surface area contributed by atoms with Crippen molar-refractivity contribution >= 4 is 27.9 Å². The highest BCUT2D eigenvalue weighted by molar-refractivity contribution is 9.10. The van der Waals surface area contributed by atoms with Gasteiger partial charge in [-0.25, -0.2) is 9.59 Å². The van der Waals surface area contributed by atoms with E-state index in [-0.39, 0.29) is 11.7 Å². The molecule has 0 saturated carbocycles. The van der Waals surface area contributed by atoms with Crippen LogP contribution in [-0.2, 0) is 4.74 Å². The molecule has 0 heterocycles. The molecule has 26 heavy (non-hydrogen) atoms. The summed E-state index contributed by atoms with van der Waals surface area (Å²) >= 11 is 3.37. The summed E-state index contributed by atoms with van der Waals surface area (Å²) in [4.78, 5) is 24.3. The van der Waals surface area contributed by atoms with Crippen LogP contribution in [0.1, 0.15) is 41.5 Å². The molecule has 5 nitrogen and oxygen atoms in total. The number of halogens is 1. The largest absolute Gasteiger partial charge is 0.493 e. The Bertz CT molecular complexity index is 786. The maximum Gasteiger partial charge on any atom is 0.343 e. The standard InChI is InChI=1S/C20H21BrO5/c1-4-24-18-9-8-15(11-17(18)21)20(23)26-16-7-5-6-14(10-16)19(22)25-12-13(2)3/h5-11,13H,4,12H2,1-3H3. The first-order chi connectivity index (χ1) is 12.4. The normalized spacial score (nSPS) is 10.5. The van der Waals surface area contributed by atoms with Crippen molar-refractivity contribution in [1.82, 2.24) is 0 Å². The van der Waals surface area contributed by atoms with Crippen molar-refractivity contribution in [3.63, 3.8) is 0 Å². The van der Waals surface area contributed by atoms with Crippen LogP contribution in [0.2, 0.25) is 0 Å². The predicted octanol–water partition coefficient (Wildman–Crippen LogP) is 4.88. The molecule has 0 unspecified atom stereocenters. The minimum absolute atomic E-state index is 0.248. The van der Waals surface area contributed by atoms with Gasteiger partial charge in [-0.15, -0.1) is 0 Å². The van der Waals surface area contributed by atoms with E-state index >= 15 is 0 Å². The van der Waals surface area contributed by atoms with E-state index in [1.807, 2.05) is 20.8 Å². The molecule has 2 aromatic carbocycles. The van der Waals surface area contributed by atoms with Crippen LogP contribution in [0.4, 0.5) is 0 Å². The number of hydrogen-bond acceptors (Lipinski definition) is 5. The molecule has 0 N–H and O–H groups in total.